The number of rotatable bonds is 6. The summed E-state index contributed by atoms with van der Waals surface area (Å²) in [5, 5.41) is 19.2. The first-order chi connectivity index (χ1) is 8.17. The van der Waals surface area contributed by atoms with E-state index in [1.54, 1.807) is 4.57 Å². The molecule has 17 heavy (non-hydrogen) atoms. The molecule has 1 rings (SSSR count). The minimum atomic E-state index is -0.549. The molecular weight excluding hydrogens is 226 g/mol. The summed E-state index contributed by atoms with van der Waals surface area (Å²) >= 11 is 0. The summed E-state index contributed by atoms with van der Waals surface area (Å²) in [5.74, 6) is 0.275. The third-order valence-electron chi connectivity index (χ3n) is 2.07. The highest BCUT2D eigenvalue weighted by atomic mass is 16.6. The lowest BCUT2D eigenvalue weighted by atomic mass is 10.4. The predicted octanol–water partition coefficient (Wildman–Crippen LogP) is 0.969. The van der Waals surface area contributed by atoms with Gasteiger partial charge in [0.2, 0.25) is 6.33 Å². The second-order valence-corrected chi connectivity index (χ2v) is 3.42. The van der Waals surface area contributed by atoms with Gasteiger partial charge in [-0.25, -0.2) is 0 Å². The summed E-state index contributed by atoms with van der Waals surface area (Å²) in [5.41, 5.74) is 2.02. The van der Waals surface area contributed by atoms with Crippen molar-refractivity contribution in [1.29, 1.82) is 0 Å². The molecule has 8 heteroatoms. The summed E-state index contributed by atoms with van der Waals surface area (Å²) in [6, 6.07) is 0. The molecule has 0 bridgehead atoms. The number of hydroxylamine groups is 1. The van der Waals surface area contributed by atoms with E-state index in [0.29, 0.717) is 25.3 Å². The Morgan fingerprint density at radius 1 is 1.76 bits per heavy atom. The summed E-state index contributed by atoms with van der Waals surface area (Å²) < 4.78 is 1.58. The quantitative estimate of drug-likeness (QED) is 0.334. The zero-order valence-electron chi connectivity index (χ0n) is 9.54. The third kappa shape index (κ3) is 4.19. The lowest BCUT2D eigenvalue weighted by Crippen LogP contribution is -2.21. The number of aliphatic imine (C=N–C) groups is 1. The van der Waals surface area contributed by atoms with Crippen LogP contribution in [0.25, 0.3) is 0 Å². The number of nitrogens with one attached hydrogen (secondary N) is 1. The first-order valence-corrected chi connectivity index (χ1v) is 5.27. The Labute approximate surface area is 98.1 Å². The predicted molar refractivity (Wildman–Crippen MR) is 61.0 cm³/mol. The van der Waals surface area contributed by atoms with Crippen molar-refractivity contribution in [2.24, 2.45) is 4.99 Å². The summed E-state index contributed by atoms with van der Waals surface area (Å²) in [6.45, 7) is 3.08. The minimum absolute atomic E-state index is 0.186. The maximum absolute atomic E-state index is 10.4. The topological polar surface area (TPSA) is 106 Å². The zero-order valence-corrected chi connectivity index (χ0v) is 9.54. The highest BCUT2D eigenvalue weighted by molar-refractivity contribution is 5.80. The second-order valence-electron chi connectivity index (χ2n) is 3.42. The molecule has 0 aliphatic carbocycles. The molecule has 1 aromatic rings. The van der Waals surface area contributed by atoms with Crippen molar-refractivity contribution in [1.82, 2.24) is 15.0 Å². The van der Waals surface area contributed by atoms with Crippen LogP contribution in [0.15, 0.2) is 17.5 Å². The number of imidazole rings is 1. The van der Waals surface area contributed by atoms with Crippen LogP contribution in [-0.4, -0.2) is 32.1 Å². The molecule has 0 amide bonds. The van der Waals surface area contributed by atoms with E-state index in [0.717, 1.165) is 6.42 Å². The van der Waals surface area contributed by atoms with Gasteiger partial charge in [-0.3, -0.25) is 15.7 Å². The fourth-order valence-corrected chi connectivity index (χ4v) is 1.22. The maximum Gasteiger partial charge on any atom is 0.381 e. The smallest absolute Gasteiger partial charge is 0.358 e. The van der Waals surface area contributed by atoms with Crippen LogP contribution in [0.3, 0.4) is 0 Å². The van der Waals surface area contributed by atoms with Crippen molar-refractivity contribution in [2.75, 3.05) is 6.54 Å². The molecule has 0 aliphatic heterocycles. The summed E-state index contributed by atoms with van der Waals surface area (Å²) in [6.07, 6.45) is 4.08. The molecular formula is C9H15N5O3. The number of nitro groups is 1. The van der Waals surface area contributed by atoms with Gasteiger partial charge in [0.25, 0.3) is 0 Å². The Hall–Kier alpha value is -1.96. The molecule has 0 saturated heterocycles. The van der Waals surface area contributed by atoms with Crippen LogP contribution in [0.2, 0.25) is 0 Å². The molecule has 1 aromatic heterocycles. The van der Waals surface area contributed by atoms with E-state index in [-0.39, 0.29) is 5.82 Å². The Balaban J connectivity index is 2.50. The van der Waals surface area contributed by atoms with Crippen molar-refractivity contribution >= 4 is 11.7 Å². The van der Waals surface area contributed by atoms with Crippen LogP contribution in [0.5, 0.6) is 0 Å². The third-order valence-corrected chi connectivity index (χ3v) is 2.07. The minimum Gasteiger partial charge on any atom is -0.358 e. The van der Waals surface area contributed by atoms with E-state index in [9.17, 15) is 10.1 Å². The summed E-state index contributed by atoms with van der Waals surface area (Å²) in [7, 11) is 0. The van der Waals surface area contributed by atoms with Gasteiger partial charge in [-0.05, 0) is 16.3 Å². The second kappa shape index (κ2) is 6.59. The molecule has 94 valence electrons. The molecule has 1 heterocycles. The standard InChI is InChI=1S/C9H15N5O3/c1-2-4-10-8(12-15)3-5-13-6-9(11-7-13)14(16)17/h6-7,15H,2-5H2,1H3,(H,10,12). The molecule has 0 fully saturated rings. The van der Waals surface area contributed by atoms with Gasteiger partial charge in [0, 0.05) is 19.5 Å². The molecule has 0 saturated carbocycles. The average Bonchev–Trinajstić information content (AvgIpc) is 2.78. The van der Waals surface area contributed by atoms with Crippen LogP contribution in [0.4, 0.5) is 5.82 Å². The molecule has 2 N–H and O–H groups in total. The molecule has 8 nitrogen and oxygen atoms in total. The van der Waals surface area contributed by atoms with Crippen molar-refractivity contribution in [3.63, 3.8) is 0 Å². The van der Waals surface area contributed by atoms with Gasteiger partial charge in [0.05, 0.1) is 0 Å². The van der Waals surface area contributed by atoms with Crippen LogP contribution in [-0.2, 0) is 6.54 Å². The fraction of sp³-hybridized carbons (Fsp3) is 0.556. The zero-order chi connectivity index (χ0) is 12.7. The first-order valence-electron chi connectivity index (χ1n) is 5.27. The van der Waals surface area contributed by atoms with Gasteiger partial charge in [-0.2, -0.15) is 0 Å². The van der Waals surface area contributed by atoms with Crippen molar-refractivity contribution in [2.45, 2.75) is 26.3 Å². The fourth-order valence-electron chi connectivity index (χ4n) is 1.22. The van der Waals surface area contributed by atoms with Crippen LogP contribution < -0.4 is 5.48 Å². The van der Waals surface area contributed by atoms with E-state index < -0.39 is 4.92 Å². The Morgan fingerprint density at radius 2 is 2.53 bits per heavy atom. The lowest BCUT2D eigenvalue weighted by molar-refractivity contribution is -0.389. The Kier molecular flexibility index (Phi) is 5.08. The van der Waals surface area contributed by atoms with E-state index in [4.69, 9.17) is 5.21 Å². The SMILES string of the molecule is CCCN=C(CCn1cnc([N+](=O)[O-])c1)NO. The highest BCUT2D eigenvalue weighted by Crippen LogP contribution is 2.06. The number of aromatic nitrogens is 2. The normalized spacial score (nSPS) is 11.5. The van der Waals surface area contributed by atoms with Gasteiger partial charge in [-0.15, -0.1) is 0 Å². The first kappa shape index (κ1) is 13.1. The van der Waals surface area contributed by atoms with E-state index in [1.807, 2.05) is 12.4 Å². The molecule has 0 atom stereocenters. The number of amidine groups is 1. The van der Waals surface area contributed by atoms with E-state index in [2.05, 4.69) is 9.98 Å². The number of aryl methyl sites for hydroxylation is 1. The van der Waals surface area contributed by atoms with Crippen molar-refractivity contribution in [3.05, 3.63) is 22.6 Å². The van der Waals surface area contributed by atoms with Crippen LogP contribution >= 0.6 is 0 Å². The molecule has 0 radical (unpaired) electrons. The van der Waals surface area contributed by atoms with E-state index >= 15 is 0 Å². The van der Waals surface area contributed by atoms with Gasteiger partial charge in [0.15, 0.2) is 0 Å². The average molecular weight is 241 g/mol. The summed E-state index contributed by atoms with van der Waals surface area (Å²) in [4.78, 5) is 17.6. The number of hydrogen-bond donors (Lipinski definition) is 2. The molecule has 0 aromatic carbocycles. The van der Waals surface area contributed by atoms with Gasteiger partial charge < -0.3 is 14.7 Å². The van der Waals surface area contributed by atoms with Crippen molar-refractivity contribution in [3.8, 4) is 0 Å². The molecule has 0 spiro atoms. The molecule has 0 unspecified atom stereocenters. The van der Waals surface area contributed by atoms with Gasteiger partial charge in [-0.1, -0.05) is 6.92 Å². The Morgan fingerprint density at radius 3 is 3.06 bits per heavy atom. The monoisotopic (exact) mass is 241 g/mol. The number of hydrogen-bond acceptors (Lipinski definition) is 5. The number of nitrogens with zero attached hydrogens (tertiary/aromatic N) is 4. The van der Waals surface area contributed by atoms with Crippen LogP contribution in [0.1, 0.15) is 19.8 Å². The van der Waals surface area contributed by atoms with E-state index in [1.165, 1.54) is 12.5 Å². The van der Waals surface area contributed by atoms with Crippen LogP contribution in [0, 0.1) is 10.1 Å². The Bertz CT molecular complexity index is 401. The lowest BCUT2D eigenvalue weighted by Gasteiger charge is -2.04. The molecule has 0 aliphatic rings. The van der Waals surface area contributed by atoms with Gasteiger partial charge in [0.1, 0.15) is 12.0 Å². The van der Waals surface area contributed by atoms with Crippen molar-refractivity contribution < 1.29 is 10.1 Å². The largest absolute Gasteiger partial charge is 0.381 e. The van der Waals surface area contributed by atoms with Gasteiger partial charge >= 0.3 is 5.82 Å². The maximum atomic E-state index is 10.4. The highest BCUT2D eigenvalue weighted by Gasteiger charge is 2.09.